The highest BCUT2D eigenvalue weighted by molar-refractivity contribution is 5.88. The molecule has 10 nitrogen and oxygen atoms in total. The highest BCUT2D eigenvalue weighted by Gasteiger charge is 2.45. The first-order chi connectivity index (χ1) is 17.9. The molecule has 5 rings (SSSR count). The van der Waals surface area contributed by atoms with Gasteiger partial charge in [0.1, 0.15) is 24.1 Å². The van der Waals surface area contributed by atoms with Crippen molar-refractivity contribution in [1.82, 2.24) is 10.2 Å². The molecule has 0 radical (unpaired) electrons. The first kappa shape index (κ1) is 25.4. The van der Waals surface area contributed by atoms with Gasteiger partial charge < -0.3 is 34.8 Å². The van der Waals surface area contributed by atoms with Gasteiger partial charge in [-0.2, -0.15) is 9.99 Å². The minimum absolute atomic E-state index is 0.350. The molecule has 2 heterocycles. The average Bonchev–Trinajstić information content (AvgIpc) is 3.31. The Kier molecular flexibility index (Phi) is 7.29. The van der Waals surface area contributed by atoms with Gasteiger partial charge in [-0.05, 0) is 65.9 Å². The molecular formula is C27H30N2O8. The number of aliphatic hydroxyl groups excluding tert-OH is 4. The zero-order valence-electron chi connectivity index (χ0n) is 20.5. The van der Waals surface area contributed by atoms with Crippen molar-refractivity contribution in [3.05, 3.63) is 65.4 Å². The van der Waals surface area contributed by atoms with Crippen molar-refractivity contribution in [2.75, 3.05) is 13.7 Å². The molecule has 3 aromatic carbocycles. The van der Waals surface area contributed by atoms with Crippen LogP contribution < -0.4 is 9.62 Å². The molecule has 0 aliphatic carbocycles. The summed E-state index contributed by atoms with van der Waals surface area (Å²) in [5.41, 5.74) is 3.55. The number of ether oxygens (including phenoxy) is 2. The van der Waals surface area contributed by atoms with E-state index in [1.165, 1.54) is 0 Å². The lowest BCUT2D eigenvalue weighted by Gasteiger charge is -2.38. The average molecular weight is 511 g/mol. The lowest BCUT2D eigenvalue weighted by atomic mass is 9.99. The first-order valence-corrected chi connectivity index (χ1v) is 12.1. The van der Waals surface area contributed by atoms with Gasteiger partial charge in [-0.3, -0.25) is 5.10 Å². The maximum atomic E-state index is 10.4. The van der Waals surface area contributed by atoms with Crippen molar-refractivity contribution in [3.63, 3.8) is 0 Å². The largest absolute Gasteiger partial charge is 0.497 e. The topological polar surface area (TPSA) is 147 Å². The van der Waals surface area contributed by atoms with Crippen molar-refractivity contribution < 1.29 is 39.7 Å². The van der Waals surface area contributed by atoms with E-state index in [0.29, 0.717) is 23.1 Å². The Balaban J connectivity index is 1.34. The molecule has 1 aromatic heterocycles. The molecule has 1 fully saturated rings. The minimum Gasteiger partial charge on any atom is -0.497 e. The smallest absolute Gasteiger partial charge is 0.188 e. The highest BCUT2D eigenvalue weighted by Crippen LogP contribution is 2.32. The number of aliphatic hydroxyl groups is 4. The second kappa shape index (κ2) is 10.6. The number of benzene rings is 3. The van der Waals surface area contributed by atoms with Crippen LogP contribution in [0.3, 0.4) is 0 Å². The molecule has 0 unspecified atom stereocenters. The first-order valence-electron chi connectivity index (χ1n) is 12.1. The summed E-state index contributed by atoms with van der Waals surface area (Å²) in [4.78, 5) is 10.9. The fraction of sp³-hybridized carbons (Fsp3) is 0.370. The summed E-state index contributed by atoms with van der Waals surface area (Å²) >= 11 is 0. The SMILES string of the molecule is COc1ccc2cc(CCc3[nH]nc4cc(C)cc(OO[C@@H]5[C@@H](O)[C@H](O)[C@@H](CO)O[C@H]5O)c34)ccc2c1. The molecule has 0 saturated carbocycles. The van der Waals surface area contributed by atoms with Gasteiger partial charge in [0.2, 0.25) is 0 Å². The Morgan fingerprint density at radius 1 is 0.973 bits per heavy atom. The summed E-state index contributed by atoms with van der Waals surface area (Å²) in [6, 6.07) is 16.0. The molecule has 1 aliphatic heterocycles. The Hall–Kier alpha value is -3.25. The second-order valence-electron chi connectivity index (χ2n) is 9.28. The molecular weight excluding hydrogens is 480 g/mol. The van der Waals surface area contributed by atoms with Gasteiger partial charge in [-0.15, -0.1) is 0 Å². The number of aromatic amines is 1. The second-order valence-corrected chi connectivity index (χ2v) is 9.28. The number of methoxy groups -OCH3 is 1. The Morgan fingerprint density at radius 2 is 1.76 bits per heavy atom. The molecule has 10 heteroatoms. The van der Waals surface area contributed by atoms with Gasteiger partial charge in [-0.25, -0.2) is 0 Å². The molecule has 37 heavy (non-hydrogen) atoms. The van der Waals surface area contributed by atoms with Crippen molar-refractivity contribution in [3.8, 4) is 11.5 Å². The van der Waals surface area contributed by atoms with E-state index in [0.717, 1.165) is 39.8 Å². The van der Waals surface area contributed by atoms with Crippen molar-refractivity contribution in [1.29, 1.82) is 0 Å². The number of aromatic nitrogens is 2. The van der Waals surface area contributed by atoms with Crippen LogP contribution in [0.1, 0.15) is 16.8 Å². The molecule has 4 aromatic rings. The summed E-state index contributed by atoms with van der Waals surface area (Å²) in [5, 5.41) is 50.4. The van der Waals surface area contributed by atoms with Crippen molar-refractivity contribution >= 4 is 21.7 Å². The molecule has 1 saturated heterocycles. The number of hydrogen-bond donors (Lipinski definition) is 5. The Bertz CT molecular complexity index is 1390. The minimum atomic E-state index is -1.60. The third-order valence-electron chi connectivity index (χ3n) is 6.71. The third-order valence-corrected chi connectivity index (χ3v) is 6.71. The van der Waals surface area contributed by atoms with Crippen LogP contribution in [0.2, 0.25) is 0 Å². The van der Waals surface area contributed by atoms with Crippen LogP contribution in [0.15, 0.2) is 48.5 Å². The van der Waals surface area contributed by atoms with Gasteiger partial charge in [0, 0.05) is 5.69 Å². The monoisotopic (exact) mass is 510 g/mol. The number of aryl methyl sites for hydroxylation is 3. The van der Waals surface area contributed by atoms with E-state index in [1.807, 2.05) is 31.2 Å². The number of nitrogens with zero attached hydrogens (tertiary/aromatic N) is 1. The highest BCUT2D eigenvalue weighted by atomic mass is 17.2. The van der Waals surface area contributed by atoms with E-state index in [9.17, 15) is 20.4 Å². The summed E-state index contributed by atoms with van der Waals surface area (Å²) in [7, 11) is 1.65. The van der Waals surface area contributed by atoms with E-state index in [4.69, 9.17) is 19.2 Å². The number of rotatable bonds is 8. The zero-order valence-corrected chi connectivity index (χ0v) is 20.5. The van der Waals surface area contributed by atoms with E-state index in [-0.39, 0.29) is 0 Å². The fourth-order valence-electron chi connectivity index (χ4n) is 4.66. The van der Waals surface area contributed by atoms with E-state index in [1.54, 1.807) is 13.2 Å². The maximum absolute atomic E-state index is 10.4. The molecule has 1 aliphatic rings. The van der Waals surface area contributed by atoms with Crippen molar-refractivity contribution in [2.24, 2.45) is 0 Å². The van der Waals surface area contributed by atoms with E-state index < -0.39 is 37.3 Å². The normalized spacial score (nSPS) is 24.0. The van der Waals surface area contributed by atoms with Gasteiger partial charge >= 0.3 is 0 Å². The number of H-pyrrole nitrogens is 1. The molecule has 0 amide bonds. The predicted octanol–water partition coefficient (Wildman–Crippen LogP) is 1.93. The van der Waals surface area contributed by atoms with Gasteiger partial charge in [0.05, 0.1) is 24.6 Å². The number of nitrogens with one attached hydrogen (secondary N) is 1. The van der Waals surface area contributed by atoms with Crippen LogP contribution in [0, 0.1) is 6.92 Å². The summed E-state index contributed by atoms with van der Waals surface area (Å²) in [6.45, 7) is 1.32. The van der Waals surface area contributed by atoms with E-state index >= 15 is 0 Å². The van der Waals surface area contributed by atoms with Gasteiger partial charge in [0.15, 0.2) is 18.1 Å². The van der Waals surface area contributed by atoms with Gasteiger partial charge in [-0.1, -0.05) is 24.3 Å². The van der Waals surface area contributed by atoms with Crippen LogP contribution in [-0.2, 0) is 22.5 Å². The summed E-state index contributed by atoms with van der Waals surface area (Å²) in [5.74, 6) is 1.17. The molecule has 0 bridgehead atoms. The molecule has 5 N–H and O–H groups in total. The van der Waals surface area contributed by atoms with Crippen molar-refractivity contribution in [2.45, 2.75) is 50.5 Å². The zero-order chi connectivity index (χ0) is 26.1. The summed E-state index contributed by atoms with van der Waals surface area (Å²) in [6.07, 6.45) is -5.71. The lowest BCUT2D eigenvalue weighted by Crippen LogP contribution is -2.59. The predicted molar refractivity (Wildman–Crippen MR) is 134 cm³/mol. The quantitative estimate of drug-likeness (QED) is 0.177. The molecule has 196 valence electrons. The molecule has 5 atom stereocenters. The fourth-order valence-corrected chi connectivity index (χ4v) is 4.66. The van der Waals surface area contributed by atoms with Crippen LogP contribution in [0.4, 0.5) is 0 Å². The van der Waals surface area contributed by atoms with Gasteiger partial charge in [0.25, 0.3) is 0 Å². The van der Waals surface area contributed by atoms with E-state index in [2.05, 4.69) is 28.4 Å². The molecule has 0 spiro atoms. The summed E-state index contributed by atoms with van der Waals surface area (Å²) < 4.78 is 10.4. The van der Waals surface area contributed by atoms with Crippen LogP contribution >= 0.6 is 0 Å². The standard InChI is InChI=1S/C27H30N2O8/c1-14-9-20-23(21(10-14)36-37-26-25(32)24(31)22(13-30)35-27(26)33)19(28-29-20)8-4-15-3-5-17-12-18(34-2)7-6-16(17)11-15/h3,5-7,9-12,22,24-27,30-33H,4,8,13H2,1-2H3,(H,28,29)/t22-,24-,25+,26-,27-/m1/s1. The Morgan fingerprint density at radius 3 is 2.54 bits per heavy atom. The maximum Gasteiger partial charge on any atom is 0.188 e. The van der Waals surface area contributed by atoms with Crippen LogP contribution in [0.25, 0.3) is 21.7 Å². The number of fused-ring (bicyclic) bond motifs is 2. The lowest BCUT2D eigenvalue weighted by molar-refractivity contribution is -0.364. The third kappa shape index (κ3) is 5.12. The Labute approximate surface area is 212 Å². The van der Waals surface area contributed by atoms with Crippen LogP contribution in [0.5, 0.6) is 11.5 Å². The number of hydrogen-bond acceptors (Lipinski definition) is 9. The van der Waals surface area contributed by atoms with Crippen LogP contribution in [-0.4, -0.2) is 75.0 Å².